The molecule has 0 aliphatic heterocycles. The van der Waals surface area contributed by atoms with Crippen LogP contribution in [-0.2, 0) is 0 Å². The molecule has 2 rings (SSSR count). The highest BCUT2D eigenvalue weighted by atomic mass is 16.5. The predicted octanol–water partition coefficient (Wildman–Crippen LogP) is 2.76. The number of hydrogen-bond donors (Lipinski definition) is 1. The standard InChI is InChI=1S/C12H17NO/c1-9-2-5-11(13)12(8-9)14-7-6-10-3-4-10/h2,5,8,10H,3-4,6-7,13H2,1H3. The molecule has 0 saturated heterocycles. The van der Waals surface area contributed by atoms with Crippen LogP contribution >= 0.6 is 0 Å². The molecular weight excluding hydrogens is 174 g/mol. The zero-order chi connectivity index (χ0) is 9.97. The summed E-state index contributed by atoms with van der Waals surface area (Å²) in [5.41, 5.74) is 7.73. The van der Waals surface area contributed by atoms with Crippen molar-refractivity contribution < 1.29 is 4.74 Å². The van der Waals surface area contributed by atoms with Gasteiger partial charge in [0.1, 0.15) is 5.75 Å². The molecule has 0 bridgehead atoms. The van der Waals surface area contributed by atoms with Crippen LogP contribution < -0.4 is 10.5 Å². The van der Waals surface area contributed by atoms with Gasteiger partial charge in [0.05, 0.1) is 12.3 Å². The van der Waals surface area contributed by atoms with Gasteiger partial charge in [0.2, 0.25) is 0 Å². The van der Waals surface area contributed by atoms with E-state index in [0.29, 0.717) is 0 Å². The summed E-state index contributed by atoms with van der Waals surface area (Å²) >= 11 is 0. The van der Waals surface area contributed by atoms with Crippen LogP contribution in [0, 0.1) is 12.8 Å². The lowest BCUT2D eigenvalue weighted by Crippen LogP contribution is -2.01. The third-order valence-electron chi connectivity index (χ3n) is 2.65. The van der Waals surface area contributed by atoms with Crippen molar-refractivity contribution in [3.8, 4) is 5.75 Å². The van der Waals surface area contributed by atoms with Gasteiger partial charge in [0.15, 0.2) is 0 Å². The van der Waals surface area contributed by atoms with Crippen molar-refractivity contribution in [2.75, 3.05) is 12.3 Å². The van der Waals surface area contributed by atoms with Gasteiger partial charge in [-0.3, -0.25) is 0 Å². The molecule has 1 aromatic rings. The monoisotopic (exact) mass is 191 g/mol. The van der Waals surface area contributed by atoms with Crippen LogP contribution in [0.25, 0.3) is 0 Å². The van der Waals surface area contributed by atoms with Gasteiger partial charge in [-0.15, -0.1) is 0 Å². The zero-order valence-electron chi connectivity index (χ0n) is 8.62. The first-order valence-electron chi connectivity index (χ1n) is 5.24. The lowest BCUT2D eigenvalue weighted by Gasteiger charge is -2.08. The molecule has 1 aliphatic carbocycles. The summed E-state index contributed by atoms with van der Waals surface area (Å²) in [5.74, 6) is 1.76. The Kier molecular flexibility index (Phi) is 2.62. The van der Waals surface area contributed by atoms with Crippen LogP contribution in [0.4, 0.5) is 5.69 Å². The van der Waals surface area contributed by atoms with Crippen molar-refractivity contribution in [2.24, 2.45) is 5.92 Å². The van der Waals surface area contributed by atoms with Crippen molar-refractivity contribution in [3.05, 3.63) is 23.8 Å². The number of nitrogens with two attached hydrogens (primary N) is 1. The van der Waals surface area contributed by atoms with E-state index >= 15 is 0 Å². The van der Waals surface area contributed by atoms with Gasteiger partial charge in [-0.2, -0.15) is 0 Å². The van der Waals surface area contributed by atoms with E-state index in [4.69, 9.17) is 10.5 Å². The average Bonchev–Trinajstić information content (AvgIpc) is 2.95. The average molecular weight is 191 g/mol. The van der Waals surface area contributed by atoms with E-state index in [1.54, 1.807) is 0 Å². The second kappa shape index (κ2) is 3.91. The van der Waals surface area contributed by atoms with Crippen LogP contribution in [-0.4, -0.2) is 6.61 Å². The number of aryl methyl sites for hydroxylation is 1. The first kappa shape index (κ1) is 9.38. The van der Waals surface area contributed by atoms with Crippen molar-refractivity contribution >= 4 is 5.69 Å². The SMILES string of the molecule is Cc1ccc(N)c(OCCC2CC2)c1. The fourth-order valence-electron chi connectivity index (χ4n) is 1.51. The quantitative estimate of drug-likeness (QED) is 0.743. The first-order chi connectivity index (χ1) is 6.75. The topological polar surface area (TPSA) is 35.2 Å². The Morgan fingerprint density at radius 1 is 1.43 bits per heavy atom. The van der Waals surface area contributed by atoms with Gasteiger partial charge in [-0.1, -0.05) is 18.9 Å². The highest BCUT2D eigenvalue weighted by Gasteiger charge is 2.20. The molecule has 0 unspecified atom stereocenters. The van der Waals surface area contributed by atoms with E-state index in [1.807, 2.05) is 25.1 Å². The maximum Gasteiger partial charge on any atom is 0.142 e. The lowest BCUT2D eigenvalue weighted by atomic mass is 10.2. The van der Waals surface area contributed by atoms with E-state index in [-0.39, 0.29) is 0 Å². The minimum atomic E-state index is 0.742. The fourth-order valence-corrected chi connectivity index (χ4v) is 1.51. The molecule has 1 aromatic carbocycles. The number of ether oxygens (including phenoxy) is 1. The Bertz CT molecular complexity index is 318. The maximum absolute atomic E-state index is 5.80. The molecular formula is C12H17NO. The van der Waals surface area contributed by atoms with Crippen molar-refractivity contribution in [1.82, 2.24) is 0 Å². The van der Waals surface area contributed by atoms with Crippen molar-refractivity contribution in [1.29, 1.82) is 0 Å². The molecule has 0 amide bonds. The molecule has 1 saturated carbocycles. The molecule has 76 valence electrons. The summed E-state index contributed by atoms with van der Waals surface area (Å²) < 4.78 is 5.64. The number of rotatable bonds is 4. The summed E-state index contributed by atoms with van der Waals surface area (Å²) in [4.78, 5) is 0. The van der Waals surface area contributed by atoms with E-state index in [9.17, 15) is 0 Å². The van der Waals surface area contributed by atoms with E-state index in [2.05, 4.69) is 0 Å². The molecule has 0 spiro atoms. The third kappa shape index (κ3) is 2.41. The number of anilines is 1. The Labute approximate surface area is 85.1 Å². The molecule has 2 N–H and O–H groups in total. The lowest BCUT2D eigenvalue weighted by molar-refractivity contribution is 0.304. The summed E-state index contributed by atoms with van der Waals surface area (Å²) in [6.07, 6.45) is 3.94. The molecule has 2 heteroatoms. The Hall–Kier alpha value is -1.18. The summed E-state index contributed by atoms with van der Waals surface area (Å²) in [6, 6.07) is 5.91. The van der Waals surface area contributed by atoms with Crippen molar-refractivity contribution in [3.63, 3.8) is 0 Å². The van der Waals surface area contributed by atoms with Gasteiger partial charge < -0.3 is 10.5 Å². The first-order valence-corrected chi connectivity index (χ1v) is 5.24. The van der Waals surface area contributed by atoms with Gasteiger partial charge in [0.25, 0.3) is 0 Å². The number of hydrogen-bond acceptors (Lipinski definition) is 2. The number of benzene rings is 1. The Morgan fingerprint density at radius 3 is 2.93 bits per heavy atom. The fraction of sp³-hybridized carbons (Fsp3) is 0.500. The Morgan fingerprint density at radius 2 is 2.21 bits per heavy atom. The van der Waals surface area contributed by atoms with Crippen LogP contribution in [0.1, 0.15) is 24.8 Å². The van der Waals surface area contributed by atoms with E-state index < -0.39 is 0 Å². The van der Waals surface area contributed by atoms with Crippen molar-refractivity contribution in [2.45, 2.75) is 26.2 Å². The highest BCUT2D eigenvalue weighted by Crippen LogP contribution is 2.32. The van der Waals surface area contributed by atoms with Gasteiger partial charge in [-0.05, 0) is 37.0 Å². The normalized spacial score (nSPS) is 15.5. The van der Waals surface area contributed by atoms with E-state index in [1.165, 1.54) is 24.8 Å². The van der Waals surface area contributed by atoms with E-state index in [0.717, 1.165) is 24.0 Å². The molecule has 0 radical (unpaired) electrons. The molecule has 14 heavy (non-hydrogen) atoms. The van der Waals surface area contributed by atoms with Crippen LogP contribution in [0.3, 0.4) is 0 Å². The Balaban J connectivity index is 1.89. The van der Waals surface area contributed by atoms with Crippen LogP contribution in [0.15, 0.2) is 18.2 Å². The summed E-state index contributed by atoms with van der Waals surface area (Å²) in [7, 11) is 0. The van der Waals surface area contributed by atoms with Gasteiger partial charge in [-0.25, -0.2) is 0 Å². The minimum absolute atomic E-state index is 0.742. The van der Waals surface area contributed by atoms with Crippen LogP contribution in [0.5, 0.6) is 5.75 Å². The second-order valence-electron chi connectivity index (χ2n) is 4.12. The summed E-state index contributed by atoms with van der Waals surface area (Å²) in [5, 5.41) is 0. The maximum atomic E-state index is 5.80. The van der Waals surface area contributed by atoms with Gasteiger partial charge >= 0.3 is 0 Å². The highest BCUT2D eigenvalue weighted by molar-refractivity contribution is 5.53. The zero-order valence-corrected chi connectivity index (χ0v) is 8.62. The molecule has 0 aromatic heterocycles. The molecule has 0 atom stereocenters. The minimum Gasteiger partial charge on any atom is -0.491 e. The molecule has 0 heterocycles. The molecule has 2 nitrogen and oxygen atoms in total. The summed E-state index contributed by atoms with van der Waals surface area (Å²) in [6.45, 7) is 2.85. The predicted molar refractivity (Wildman–Crippen MR) is 58.4 cm³/mol. The second-order valence-corrected chi connectivity index (χ2v) is 4.12. The third-order valence-corrected chi connectivity index (χ3v) is 2.65. The molecule has 1 aliphatic rings. The van der Waals surface area contributed by atoms with Crippen LogP contribution in [0.2, 0.25) is 0 Å². The van der Waals surface area contributed by atoms with Gasteiger partial charge in [0, 0.05) is 0 Å². The number of nitrogen functional groups attached to an aromatic ring is 1. The largest absolute Gasteiger partial charge is 0.491 e. The molecule has 1 fully saturated rings. The smallest absolute Gasteiger partial charge is 0.142 e.